The third-order valence-corrected chi connectivity index (χ3v) is 6.59. The Balaban J connectivity index is 1.31. The Morgan fingerprint density at radius 1 is 1.00 bits per heavy atom. The van der Waals surface area contributed by atoms with Gasteiger partial charge in [0.1, 0.15) is 5.82 Å². The zero-order valence-corrected chi connectivity index (χ0v) is 19.7. The van der Waals surface area contributed by atoms with Crippen LogP contribution in [0.25, 0.3) is 0 Å². The second-order valence-corrected chi connectivity index (χ2v) is 9.41. The minimum Gasteiger partial charge on any atom is -0.362 e. The molecule has 6 nitrogen and oxygen atoms in total. The number of benzene rings is 1. The van der Waals surface area contributed by atoms with Gasteiger partial charge in [0.25, 0.3) is 0 Å². The van der Waals surface area contributed by atoms with Gasteiger partial charge in [-0.2, -0.15) is 4.98 Å². The van der Waals surface area contributed by atoms with E-state index in [1.54, 1.807) is 0 Å². The van der Waals surface area contributed by atoms with Gasteiger partial charge in [-0.3, -0.25) is 0 Å². The number of fused-ring (bicyclic) bond motifs is 1. The van der Waals surface area contributed by atoms with Gasteiger partial charge in [0, 0.05) is 37.4 Å². The van der Waals surface area contributed by atoms with E-state index in [-0.39, 0.29) is 0 Å². The third kappa shape index (κ3) is 5.45. The van der Waals surface area contributed by atoms with Gasteiger partial charge < -0.3 is 20.9 Å². The first-order valence-electron chi connectivity index (χ1n) is 11.5. The molecule has 1 fully saturated rings. The van der Waals surface area contributed by atoms with Crippen molar-refractivity contribution in [2.45, 2.75) is 70.4 Å². The van der Waals surface area contributed by atoms with Crippen molar-refractivity contribution in [1.29, 1.82) is 0 Å². The maximum Gasteiger partial charge on any atom is 0.225 e. The number of hydrogen-bond donors (Lipinski definition) is 3. The highest BCUT2D eigenvalue weighted by Crippen LogP contribution is 2.29. The molecule has 4 rings (SSSR count). The summed E-state index contributed by atoms with van der Waals surface area (Å²) in [6.07, 6.45) is 8.96. The molecule has 166 valence electrons. The van der Waals surface area contributed by atoms with Gasteiger partial charge in [0.05, 0.1) is 5.69 Å². The zero-order valence-electron chi connectivity index (χ0n) is 18.9. The smallest absolute Gasteiger partial charge is 0.225 e. The van der Waals surface area contributed by atoms with Crippen LogP contribution in [0.15, 0.2) is 24.3 Å². The predicted octanol–water partition coefficient (Wildman–Crippen LogP) is 4.44. The molecule has 0 aliphatic heterocycles. The van der Waals surface area contributed by atoms with Crippen molar-refractivity contribution < 1.29 is 0 Å². The van der Waals surface area contributed by atoms with Crippen LogP contribution < -0.4 is 20.9 Å². The Kier molecular flexibility index (Phi) is 6.90. The molecule has 0 unspecified atom stereocenters. The molecule has 2 aromatic rings. The van der Waals surface area contributed by atoms with Crippen LogP contribution in [0, 0.1) is 6.92 Å². The number of anilines is 3. The Bertz CT molecular complexity index is 920. The molecule has 2 aliphatic rings. The number of aromatic nitrogens is 2. The first kappa shape index (κ1) is 21.8. The first-order chi connectivity index (χ1) is 15.0. The number of para-hydroxylation sites is 1. The lowest BCUT2D eigenvalue weighted by atomic mass is 9.91. The summed E-state index contributed by atoms with van der Waals surface area (Å²) >= 11 is 5.54. The summed E-state index contributed by atoms with van der Waals surface area (Å²) in [5.41, 5.74) is 4.83. The van der Waals surface area contributed by atoms with Gasteiger partial charge in [-0.1, -0.05) is 18.2 Å². The molecule has 2 aliphatic carbocycles. The van der Waals surface area contributed by atoms with Crippen LogP contribution >= 0.6 is 12.2 Å². The Hall–Kier alpha value is -2.41. The van der Waals surface area contributed by atoms with Crippen LogP contribution in [0.4, 0.5) is 17.5 Å². The van der Waals surface area contributed by atoms with Gasteiger partial charge in [-0.15, -0.1) is 0 Å². The predicted molar refractivity (Wildman–Crippen MR) is 133 cm³/mol. The van der Waals surface area contributed by atoms with E-state index in [2.05, 4.69) is 54.0 Å². The van der Waals surface area contributed by atoms with Crippen LogP contribution in [0.3, 0.4) is 0 Å². The van der Waals surface area contributed by atoms with E-state index in [9.17, 15) is 0 Å². The molecule has 0 atom stereocenters. The fraction of sp³-hybridized carbons (Fsp3) is 0.542. The lowest BCUT2D eigenvalue weighted by Crippen LogP contribution is -2.42. The van der Waals surface area contributed by atoms with Crippen molar-refractivity contribution in [2.75, 3.05) is 29.6 Å². The minimum absolute atomic E-state index is 0.406. The highest BCUT2D eigenvalue weighted by atomic mass is 32.1. The quantitative estimate of drug-likeness (QED) is 0.597. The topological polar surface area (TPSA) is 65.1 Å². The molecule has 1 heterocycles. The molecule has 7 heteroatoms. The van der Waals surface area contributed by atoms with Crippen molar-refractivity contribution in [3.05, 3.63) is 41.1 Å². The highest BCUT2D eigenvalue weighted by molar-refractivity contribution is 7.80. The number of nitrogens with zero attached hydrogens (tertiary/aromatic N) is 3. The summed E-state index contributed by atoms with van der Waals surface area (Å²) in [4.78, 5) is 11.9. The average Bonchev–Trinajstić information content (AvgIpc) is 2.76. The molecule has 1 aromatic carbocycles. The van der Waals surface area contributed by atoms with E-state index in [1.165, 1.54) is 29.7 Å². The summed E-state index contributed by atoms with van der Waals surface area (Å²) < 4.78 is 0. The fourth-order valence-electron chi connectivity index (χ4n) is 4.63. The van der Waals surface area contributed by atoms with Crippen LogP contribution in [-0.2, 0) is 12.8 Å². The molecule has 1 saturated carbocycles. The molecule has 0 saturated heterocycles. The minimum atomic E-state index is 0.406. The second kappa shape index (κ2) is 9.81. The molecule has 31 heavy (non-hydrogen) atoms. The van der Waals surface area contributed by atoms with Crippen molar-refractivity contribution in [1.82, 2.24) is 15.3 Å². The standard InChI is InChI=1S/C24H34N6S/c1-16-8-4-6-10-20(16)28-24(31)26-18-14-12-17(13-15-18)25-23-27-21-11-7-5-9-19(21)22(29-23)30(2)3/h4,6,8,10,17-18H,5,7,9,11-15H2,1-3H3,(H,25,27,29)(H2,26,28,31)/t17-,18+. The highest BCUT2D eigenvalue weighted by Gasteiger charge is 2.24. The van der Waals surface area contributed by atoms with E-state index in [4.69, 9.17) is 22.2 Å². The van der Waals surface area contributed by atoms with Gasteiger partial charge >= 0.3 is 0 Å². The van der Waals surface area contributed by atoms with Gasteiger partial charge in [-0.05, 0) is 82.1 Å². The average molecular weight is 439 g/mol. The zero-order chi connectivity index (χ0) is 21.8. The lowest BCUT2D eigenvalue weighted by Gasteiger charge is -2.31. The number of hydrogen-bond acceptors (Lipinski definition) is 5. The molecular weight excluding hydrogens is 404 g/mol. The van der Waals surface area contributed by atoms with E-state index >= 15 is 0 Å². The lowest BCUT2D eigenvalue weighted by molar-refractivity contribution is 0.387. The summed E-state index contributed by atoms with van der Waals surface area (Å²) in [5, 5.41) is 11.2. The monoisotopic (exact) mass is 438 g/mol. The number of rotatable bonds is 5. The molecular formula is C24H34N6S. The number of aryl methyl sites for hydroxylation is 2. The second-order valence-electron chi connectivity index (χ2n) is 9.00. The Morgan fingerprint density at radius 3 is 2.45 bits per heavy atom. The van der Waals surface area contributed by atoms with Crippen LogP contribution in [-0.4, -0.2) is 41.3 Å². The van der Waals surface area contributed by atoms with Crippen molar-refractivity contribution in [2.24, 2.45) is 0 Å². The summed E-state index contributed by atoms with van der Waals surface area (Å²) in [6, 6.07) is 9.03. The Labute approximate surface area is 191 Å². The van der Waals surface area contributed by atoms with Gasteiger partial charge in [0.2, 0.25) is 5.95 Å². The molecule has 3 N–H and O–H groups in total. The van der Waals surface area contributed by atoms with Gasteiger partial charge in [0.15, 0.2) is 5.11 Å². The molecule has 0 spiro atoms. The van der Waals surface area contributed by atoms with Crippen molar-refractivity contribution >= 4 is 34.8 Å². The number of nitrogens with one attached hydrogen (secondary N) is 3. The van der Waals surface area contributed by atoms with Crippen molar-refractivity contribution in [3.63, 3.8) is 0 Å². The normalized spacial score (nSPS) is 20.5. The molecule has 1 aromatic heterocycles. The fourth-order valence-corrected chi connectivity index (χ4v) is 4.91. The summed E-state index contributed by atoms with van der Waals surface area (Å²) in [6.45, 7) is 2.09. The van der Waals surface area contributed by atoms with Crippen LogP contribution in [0.2, 0.25) is 0 Å². The summed E-state index contributed by atoms with van der Waals surface area (Å²) in [5.74, 6) is 1.87. The summed E-state index contributed by atoms with van der Waals surface area (Å²) in [7, 11) is 4.15. The van der Waals surface area contributed by atoms with E-state index in [0.29, 0.717) is 17.2 Å². The Morgan fingerprint density at radius 2 is 1.71 bits per heavy atom. The molecule has 0 amide bonds. The van der Waals surface area contributed by atoms with E-state index in [0.717, 1.165) is 56.0 Å². The maximum atomic E-state index is 5.54. The van der Waals surface area contributed by atoms with E-state index < -0.39 is 0 Å². The first-order valence-corrected chi connectivity index (χ1v) is 11.9. The SMILES string of the molecule is Cc1ccccc1NC(=S)N[C@H]1CC[C@@H](Nc2nc3c(c(N(C)C)n2)CCCC3)CC1. The maximum absolute atomic E-state index is 5.54. The van der Waals surface area contributed by atoms with Gasteiger partial charge in [-0.25, -0.2) is 4.98 Å². The molecule has 0 radical (unpaired) electrons. The molecule has 0 bridgehead atoms. The number of thiocarbonyl (C=S) groups is 1. The van der Waals surface area contributed by atoms with Crippen LogP contribution in [0.1, 0.15) is 55.3 Å². The third-order valence-electron chi connectivity index (χ3n) is 6.37. The van der Waals surface area contributed by atoms with Crippen molar-refractivity contribution in [3.8, 4) is 0 Å². The largest absolute Gasteiger partial charge is 0.362 e. The van der Waals surface area contributed by atoms with E-state index in [1.807, 2.05) is 12.1 Å². The van der Waals surface area contributed by atoms with Crippen LogP contribution in [0.5, 0.6) is 0 Å².